The Balaban J connectivity index is 2.12. The molecule has 1 aromatic heterocycles. The highest BCUT2D eigenvalue weighted by Gasteiger charge is 2.19. The third-order valence-electron chi connectivity index (χ3n) is 4.61. The van der Waals surface area contributed by atoms with Crippen molar-refractivity contribution in [1.82, 2.24) is 4.57 Å². The first-order chi connectivity index (χ1) is 9.86. The van der Waals surface area contributed by atoms with Crippen LogP contribution in [0.2, 0.25) is 0 Å². The molecule has 1 heteroatoms. The van der Waals surface area contributed by atoms with Crippen LogP contribution in [-0.2, 0) is 19.9 Å². The number of hydrogen-bond donors (Lipinski definition) is 0. The zero-order valence-electron chi connectivity index (χ0n) is 11.9. The molecule has 0 unspecified atom stereocenters. The first-order valence-electron chi connectivity index (χ1n) is 7.51. The predicted octanol–water partition coefficient (Wildman–Crippen LogP) is 4.72. The fourth-order valence-corrected chi connectivity index (χ4v) is 3.65. The number of aryl methyl sites for hydroxylation is 3. The van der Waals surface area contributed by atoms with Gasteiger partial charge in [0.15, 0.2) is 0 Å². The summed E-state index contributed by atoms with van der Waals surface area (Å²) in [7, 11) is 2.21. The number of rotatable bonds is 0. The topological polar surface area (TPSA) is 4.93 Å². The summed E-state index contributed by atoms with van der Waals surface area (Å²) in [6.45, 7) is 0. The number of hydrogen-bond acceptors (Lipinski definition) is 0. The van der Waals surface area contributed by atoms with Crippen LogP contribution >= 0.6 is 0 Å². The summed E-state index contributed by atoms with van der Waals surface area (Å²) in [5.74, 6) is 0. The van der Waals surface area contributed by atoms with E-state index in [0.29, 0.717) is 0 Å². The summed E-state index contributed by atoms with van der Waals surface area (Å²) in [4.78, 5) is 0. The molecule has 1 aliphatic rings. The second-order valence-corrected chi connectivity index (χ2v) is 5.77. The monoisotopic (exact) mass is 261 g/mol. The van der Waals surface area contributed by atoms with Gasteiger partial charge in [-0.1, -0.05) is 42.5 Å². The molecule has 0 amide bonds. The smallest absolute Gasteiger partial charge is 0.0524 e. The number of aromatic nitrogens is 1. The quantitative estimate of drug-likeness (QED) is 0.551. The molecule has 2 aromatic carbocycles. The number of fused-ring (bicyclic) bond motifs is 5. The van der Waals surface area contributed by atoms with Crippen molar-refractivity contribution in [3.05, 3.63) is 59.7 Å². The Morgan fingerprint density at radius 2 is 1.60 bits per heavy atom. The molecule has 0 spiro atoms. The molecule has 20 heavy (non-hydrogen) atoms. The molecular weight excluding hydrogens is 242 g/mol. The molecule has 0 saturated heterocycles. The van der Waals surface area contributed by atoms with Crippen LogP contribution in [-0.4, -0.2) is 4.57 Å². The number of benzene rings is 2. The average Bonchev–Trinajstić information content (AvgIpc) is 2.74. The zero-order chi connectivity index (χ0) is 13.5. The molecule has 3 aromatic rings. The third-order valence-corrected chi connectivity index (χ3v) is 4.61. The van der Waals surface area contributed by atoms with Crippen molar-refractivity contribution in [2.45, 2.75) is 25.7 Å². The van der Waals surface area contributed by atoms with E-state index in [1.807, 2.05) is 0 Å². The van der Waals surface area contributed by atoms with Gasteiger partial charge < -0.3 is 4.57 Å². The molecular formula is C19H19N. The first-order valence-corrected chi connectivity index (χ1v) is 7.51. The number of nitrogens with zero attached hydrogens (tertiary/aromatic N) is 1. The van der Waals surface area contributed by atoms with Gasteiger partial charge in [-0.25, -0.2) is 0 Å². The van der Waals surface area contributed by atoms with Crippen molar-refractivity contribution < 1.29 is 0 Å². The van der Waals surface area contributed by atoms with Gasteiger partial charge in [0, 0.05) is 23.5 Å². The van der Waals surface area contributed by atoms with Gasteiger partial charge >= 0.3 is 0 Å². The fourth-order valence-electron chi connectivity index (χ4n) is 3.65. The summed E-state index contributed by atoms with van der Waals surface area (Å²) in [6.07, 6.45) is 4.98. The Morgan fingerprint density at radius 3 is 2.55 bits per heavy atom. The Labute approximate surface area is 119 Å². The van der Waals surface area contributed by atoms with E-state index in [0.717, 1.165) is 0 Å². The highest BCUT2D eigenvalue weighted by molar-refractivity contribution is 5.92. The van der Waals surface area contributed by atoms with E-state index in [1.165, 1.54) is 59.0 Å². The van der Waals surface area contributed by atoms with Crippen LogP contribution in [0.1, 0.15) is 24.0 Å². The highest BCUT2D eigenvalue weighted by Crippen LogP contribution is 2.37. The summed E-state index contributed by atoms with van der Waals surface area (Å²) in [5.41, 5.74) is 7.26. The van der Waals surface area contributed by atoms with Crippen LogP contribution in [0.5, 0.6) is 0 Å². The second kappa shape index (κ2) is 4.52. The van der Waals surface area contributed by atoms with Crippen LogP contribution < -0.4 is 0 Å². The van der Waals surface area contributed by atoms with Crippen LogP contribution in [0.25, 0.3) is 22.2 Å². The molecule has 0 bridgehead atoms. The average molecular weight is 261 g/mol. The van der Waals surface area contributed by atoms with Crippen molar-refractivity contribution in [2.24, 2.45) is 7.05 Å². The van der Waals surface area contributed by atoms with Crippen LogP contribution in [0.3, 0.4) is 0 Å². The standard InChI is InChI=1S/C19H19N/c1-20-18-13-7-6-11-16(18)17-12-5-3-9-14-8-2-4-10-15(14)19(17)20/h2,4,6-8,10-11,13H,3,5,9,12H2,1H3. The largest absolute Gasteiger partial charge is 0.343 e. The fraction of sp³-hybridized carbons (Fsp3) is 0.263. The van der Waals surface area contributed by atoms with E-state index < -0.39 is 0 Å². The predicted molar refractivity (Wildman–Crippen MR) is 85.0 cm³/mol. The Morgan fingerprint density at radius 1 is 0.850 bits per heavy atom. The van der Waals surface area contributed by atoms with Gasteiger partial charge in [-0.05, 0) is 42.9 Å². The molecule has 0 radical (unpaired) electrons. The minimum Gasteiger partial charge on any atom is -0.343 e. The van der Waals surface area contributed by atoms with Crippen molar-refractivity contribution >= 4 is 10.9 Å². The van der Waals surface area contributed by atoms with Crippen LogP contribution in [0.15, 0.2) is 48.5 Å². The molecule has 0 atom stereocenters. The molecule has 4 rings (SSSR count). The van der Waals surface area contributed by atoms with Gasteiger partial charge in [-0.15, -0.1) is 0 Å². The van der Waals surface area contributed by atoms with E-state index in [4.69, 9.17) is 0 Å². The molecule has 1 heterocycles. The molecule has 0 N–H and O–H groups in total. The van der Waals surface area contributed by atoms with E-state index in [1.54, 1.807) is 0 Å². The van der Waals surface area contributed by atoms with E-state index >= 15 is 0 Å². The van der Waals surface area contributed by atoms with Gasteiger partial charge in [0.05, 0.1) is 5.69 Å². The van der Waals surface area contributed by atoms with Gasteiger partial charge in [0.25, 0.3) is 0 Å². The van der Waals surface area contributed by atoms with Crippen LogP contribution in [0.4, 0.5) is 0 Å². The van der Waals surface area contributed by atoms with Gasteiger partial charge in [-0.3, -0.25) is 0 Å². The molecule has 0 fully saturated rings. The maximum absolute atomic E-state index is 2.38. The SMILES string of the molecule is Cn1c2c(c3ccccc31)CCCCc1ccccc1-2. The normalized spacial score (nSPS) is 14.4. The molecule has 1 nitrogen and oxygen atoms in total. The maximum Gasteiger partial charge on any atom is 0.0524 e. The van der Waals surface area contributed by atoms with Crippen molar-refractivity contribution in [3.8, 4) is 11.3 Å². The lowest BCUT2D eigenvalue weighted by Crippen LogP contribution is -2.02. The minimum atomic E-state index is 1.20. The lowest BCUT2D eigenvalue weighted by Gasteiger charge is -2.16. The molecule has 0 saturated carbocycles. The Bertz CT molecular complexity index is 780. The number of para-hydroxylation sites is 1. The lowest BCUT2D eigenvalue weighted by molar-refractivity contribution is 0.728. The lowest BCUT2D eigenvalue weighted by atomic mass is 9.91. The second-order valence-electron chi connectivity index (χ2n) is 5.77. The minimum absolute atomic E-state index is 1.20. The maximum atomic E-state index is 2.38. The summed E-state index contributed by atoms with van der Waals surface area (Å²) in [5, 5.41) is 1.43. The van der Waals surface area contributed by atoms with Crippen molar-refractivity contribution in [2.75, 3.05) is 0 Å². The van der Waals surface area contributed by atoms with E-state index in [2.05, 4.69) is 60.1 Å². The van der Waals surface area contributed by atoms with Crippen molar-refractivity contribution in [3.63, 3.8) is 0 Å². The Kier molecular flexibility index (Phi) is 2.66. The van der Waals surface area contributed by atoms with Crippen LogP contribution in [0, 0.1) is 0 Å². The summed E-state index contributed by atoms with van der Waals surface area (Å²) >= 11 is 0. The van der Waals surface area contributed by atoms with E-state index in [9.17, 15) is 0 Å². The van der Waals surface area contributed by atoms with Crippen molar-refractivity contribution in [1.29, 1.82) is 0 Å². The van der Waals surface area contributed by atoms with Gasteiger partial charge in [0.1, 0.15) is 0 Å². The molecule has 0 aliphatic heterocycles. The van der Waals surface area contributed by atoms with E-state index in [-0.39, 0.29) is 0 Å². The summed E-state index contributed by atoms with van der Waals surface area (Å²) < 4.78 is 2.38. The summed E-state index contributed by atoms with van der Waals surface area (Å²) in [6, 6.07) is 17.7. The molecule has 1 aliphatic carbocycles. The molecule has 100 valence electrons. The van der Waals surface area contributed by atoms with Gasteiger partial charge in [-0.2, -0.15) is 0 Å². The third kappa shape index (κ3) is 1.62. The first kappa shape index (κ1) is 11.8. The van der Waals surface area contributed by atoms with Gasteiger partial charge in [0.2, 0.25) is 0 Å². The zero-order valence-corrected chi connectivity index (χ0v) is 11.9. The Hall–Kier alpha value is -2.02. The highest BCUT2D eigenvalue weighted by atomic mass is 15.0.